The van der Waals surface area contributed by atoms with E-state index < -0.39 is 22.3 Å². The van der Waals surface area contributed by atoms with Crippen LogP contribution in [0.15, 0.2) is 40.2 Å². The van der Waals surface area contributed by atoms with Crippen LogP contribution < -0.4 is 14.8 Å². The number of phenols is 1. The van der Waals surface area contributed by atoms with Crippen LogP contribution in [0.1, 0.15) is 5.56 Å². The van der Waals surface area contributed by atoms with Gasteiger partial charge in [0.1, 0.15) is 11.4 Å². The lowest BCUT2D eigenvalue weighted by molar-refractivity contribution is -0.386. The molecule has 3 rings (SSSR count). The van der Waals surface area contributed by atoms with Gasteiger partial charge in [0.05, 0.1) is 24.0 Å². The van der Waals surface area contributed by atoms with Gasteiger partial charge in [0.15, 0.2) is 10.9 Å². The van der Waals surface area contributed by atoms with Crippen LogP contribution in [-0.2, 0) is 4.79 Å². The van der Waals surface area contributed by atoms with Gasteiger partial charge in [-0.2, -0.15) is 0 Å². The second kappa shape index (κ2) is 8.41. The number of aromatic hydroxyl groups is 1. The normalized spacial score (nSPS) is 16.2. The van der Waals surface area contributed by atoms with E-state index in [0.29, 0.717) is 27.2 Å². The standard InChI is InChI=1S/C18H14ClN3O6S/c1-27-13-4-3-10(19)8-11(13)20-18-21-17(24)15(29-18)7-9-5-12(22(25)26)16(23)14(6-9)28-2/h3-8,23H,1-2H3,(H,20,21,24)/b15-7-. The van der Waals surface area contributed by atoms with Crippen LogP contribution in [0.5, 0.6) is 17.2 Å². The zero-order valence-corrected chi connectivity index (χ0v) is 16.7. The number of thioether (sulfide) groups is 1. The summed E-state index contributed by atoms with van der Waals surface area (Å²) >= 11 is 7.03. The van der Waals surface area contributed by atoms with E-state index in [1.54, 1.807) is 18.2 Å². The molecule has 1 aliphatic rings. The van der Waals surface area contributed by atoms with Crippen LogP contribution in [0.2, 0.25) is 5.02 Å². The molecule has 11 heteroatoms. The SMILES string of the molecule is COc1ccc(Cl)cc1N=C1NC(=O)/C(=C/c2cc(OC)c(O)c([N+](=O)[O-])c2)S1. The van der Waals surface area contributed by atoms with Gasteiger partial charge >= 0.3 is 5.69 Å². The van der Waals surface area contributed by atoms with Crippen molar-refractivity contribution in [3.05, 3.63) is 55.9 Å². The molecule has 1 fully saturated rings. The number of ether oxygens (including phenoxy) is 2. The fourth-order valence-corrected chi connectivity index (χ4v) is 3.48. The lowest BCUT2D eigenvalue weighted by Gasteiger charge is -2.05. The molecule has 9 nitrogen and oxygen atoms in total. The lowest BCUT2D eigenvalue weighted by Crippen LogP contribution is -2.19. The Morgan fingerprint density at radius 3 is 2.62 bits per heavy atom. The number of methoxy groups -OCH3 is 2. The molecule has 0 saturated carbocycles. The molecule has 2 aromatic rings. The number of hydrogen-bond acceptors (Lipinski definition) is 8. The highest BCUT2D eigenvalue weighted by molar-refractivity contribution is 8.18. The molecule has 2 aromatic carbocycles. The monoisotopic (exact) mass is 435 g/mol. The summed E-state index contributed by atoms with van der Waals surface area (Å²) in [5.41, 5.74) is 0.216. The molecular weight excluding hydrogens is 422 g/mol. The molecule has 0 spiro atoms. The van der Waals surface area contributed by atoms with Crippen molar-refractivity contribution in [1.82, 2.24) is 5.32 Å². The first-order valence-electron chi connectivity index (χ1n) is 8.01. The number of aliphatic imine (C=N–C) groups is 1. The third kappa shape index (κ3) is 4.44. The summed E-state index contributed by atoms with van der Waals surface area (Å²) in [6, 6.07) is 7.44. The number of amides is 1. The van der Waals surface area contributed by atoms with Crippen LogP contribution in [0, 0.1) is 10.1 Å². The largest absolute Gasteiger partial charge is 0.500 e. The number of nitro groups is 1. The van der Waals surface area contributed by atoms with E-state index >= 15 is 0 Å². The van der Waals surface area contributed by atoms with E-state index in [9.17, 15) is 20.0 Å². The maximum atomic E-state index is 12.3. The zero-order valence-electron chi connectivity index (χ0n) is 15.1. The van der Waals surface area contributed by atoms with Gasteiger partial charge in [0, 0.05) is 11.1 Å². The number of nitrogens with zero attached hydrogens (tertiary/aromatic N) is 2. The highest BCUT2D eigenvalue weighted by atomic mass is 35.5. The van der Waals surface area contributed by atoms with Gasteiger partial charge < -0.3 is 19.9 Å². The van der Waals surface area contributed by atoms with Crippen molar-refractivity contribution >= 4 is 51.9 Å². The van der Waals surface area contributed by atoms with Crippen molar-refractivity contribution < 1.29 is 24.3 Å². The summed E-state index contributed by atoms with van der Waals surface area (Å²) in [7, 11) is 2.76. The fraction of sp³-hybridized carbons (Fsp3) is 0.111. The number of halogens is 1. The number of carbonyl (C=O) groups excluding carboxylic acids is 1. The molecule has 1 aliphatic heterocycles. The van der Waals surface area contributed by atoms with Gasteiger partial charge in [0.25, 0.3) is 5.91 Å². The number of nitrogens with one attached hydrogen (secondary N) is 1. The minimum Gasteiger partial charge on any atom is -0.500 e. The molecule has 0 unspecified atom stereocenters. The molecule has 1 heterocycles. The van der Waals surface area contributed by atoms with Crippen LogP contribution in [0.3, 0.4) is 0 Å². The number of rotatable bonds is 5. The Morgan fingerprint density at radius 2 is 1.97 bits per heavy atom. The van der Waals surface area contributed by atoms with Crippen molar-refractivity contribution in [2.75, 3.05) is 14.2 Å². The first-order valence-corrected chi connectivity index (χ1v) is 9.20. The molecule has 0 atom stereocenters. The smallest absolute Gasteiger partial charge is 0.315 e. The number of benzene rings is 2. The van der Waals surface area contributed by atoms with E-state index in [4.69, 9.17) is 21.1 Å². The molecular formula is C18H14ClN3O6S. The van der Waals surface area contributed by atoms with Gasteiger partial charge in [-0.25, -0.2) is 4.99 Å². The van der Waals surface area contributed by atoms with E-state index in [1.807, 2.05) is 0 Å². The fourth-order valence-electron chi connectivity index (χ4n) is 2.48. The number of carbonyl (C=O) groups is 1. The van der Waals surface area contributed by atoms with E-state index in [0.717, 1.165) is 17.8 Å². The maximum absolute atomic E-state index is 12.3. The Bertz CT molecular complexity index is 1070. The van der Waals surface area contributed by atoms with Crippen molar-refractivity contribution in [3.8, 4) is 17.2 Å². The number of hydrogen-bond donors (Lipinski definition) is 2. The molecule has 1 amide bonds. The average Bonchev–Trinajstić information content (AvgIpc) is 3.01. The molecule has 0 aliphatic carbocycles. The van der Waals surface area contributed by atoms with Crippen molar-refractivity contribution in [2.45, 2.75) is 0 Å². The van der Waals surface area contributed by atoms with Crippen molar-refractivity contribution in [2.24, 2.45) is 4.99 Å². The summed E-state index contributed by atoms with van der Waals surface area (Å²) in [6.07, 6.45) is 1.44. The maximum Gasteiger partial charge on any atom is 0.315 e. The van der Waals surface area contributed by atoms with Crippen LogP contribution in [-0.4, -0.2) is 35.3 Å². The Balaban J connectivity index is 1.95. The molecule has 29 heavy (non-hydrogen) atoms. The summed E-state index contributed by atoms with van der Waals surface area (Å²) in [4.78, 5) is 27.3. The van der Waals surface area contributed by atoms with Crippen molar-refractivity contribution in [1.29, 1.82) is 0 Å². The Kier molecular flexibility index (Phi) is 5.95. The highest BCUT2D eigenvalue weighted by Crippen LogP contribution is 2.39. The lowest BCUT2D eigenvalue weighted by atomic mass is 10.1. The summed E-state index contributed by atoms with van der Waals surface area (Å²) in [5.74, 6) is -0.608. The van der Waals surface area contributed by atoms with E-state index in [1.165, 1.54) is 26.4 Å². The minimum atomic E-state index is -0.736. The third-order valence-electron chi connectivity index (χ3n) is 3.81. The second-order valence-electron chi connectivity index (χ2n) is 5.65. The van der Waals surface area contributed by atoms with Crippen LogP contribution in [0.25, 0.3) is 6.08 Å². The highest BCUT2D eigenvalue weighted by Gasteiger charge is 2.26. The first kappa shape index (κ1) is 20.5. The predicted molar refractivity (Wildman–Crippen MR) is 110 cm³/mol. The summed E-state index contributed by atoms with van der Waals surface area (Å²) < 4.78 is 10.2. The Labute approximate surface area is 174 Å². The topological polar surface area (TPSA) is 123 Å². The van der Waals surface area contributed by atoms with Gasteiger partial charge in [-0.05, 0) is 47.7 Å². The molecule has 150 valence electrons. The third-order valence-corrected chi connectivity index (χ3v) is 4.95. The number of amidine groups is 1. The number of phenolic OH excluding ortho intramolecular Hbond substituents is 1. The number of nitro benzene ring substituents is 1. The van der Waals surface area contributed by atoms with Crippen molar-refractivity contribution in [3.63, 3.8) is 0 Å². The van der Waals surface area contributed by atoms with Gasteiger partial charge in [-0.3, -0.25) is 14.9 Å². The Morgan fingerprint density at radius 1 is 1.24 bits per heavy atom. The van der Waals surface area contributed by atoms with Gasteiger partial charge in [0.2, 0.25) is 5.75 Å². The van der Waals surface area contributed by atoms with E-state index in [2.05, 4.69) is 10.3 Å². The zero-order chi connectivity index (χ0) is 21.1. The minimum absolute atomic E-state index is 0.0768. The average molecular weight is 436 g/mol. The molecule has 0 aromatic heterocycles. The molecule has 0 radical (unpaired) electrons. The van der Waals surface area contributed by atoms with Gasteiger partial charge in [-0.15, -0.1) is 0 Å². The van der Waals surface area contributed by atoms with Crippen LogP contribution in [0.4, 0.5) is 11.4 Å². The second-order valence-corrected chi connectivity index (χ2v) is 7.11. The Hall–Kier alpha value is -3.24. The summed E-state index contributed by atoms with van der Waals surface area (Å²) in [6.45, 7) is 0. The molecule has 0 bridgehead atoms. The van der Waals surface area contributed by atoms with E-state index in [-0.39, 0.29) is 10.7 Å². The first-order chi connectivity index (χ1) is 13.8. The molecule has 2 N–H and O–H groups in total. The van der Waals surface area contributed by atoms with Crippen LogP contribution >= 0.6 is 23.4 Å². The quantitative estimate of drug-likeness (QED) is 0.415. The predicted octanol–water partition coefficient (Wildman–Crippen LogP) is 3.86. The summed E-state index contributed by atoms with van der Waals surface area (Å²) in [5, 5.41) is 24.4. The van der Waals surface area contributed by atoms with Gasteiger partial charge in [-0.1, -0.05) is 11.6 Å². The molecule has 1 saturated heterocycles.